The van der Waals surface area contributed by atoms with Gasteiger partial charge in [0.15, 0.2) is 5.78 Å². The van der Waals surface area contributed by atoms with Crippen LogP contribution in [0.25, 0.3) is 0 Å². The van der Waals surface area contributed by atoms with Gasteiger partial charge < -0.3 is 0 Å². The van der Waals surface area contributed by atoms with E-state index in [4.69, 9.17) is 0 Å². The standard InChI is InChI=1S/C12H12OS2/c1-8-5-12(15-9(8)2)11(13)6-10-3-4-14-7-10/h3-5,7H,6H2,1-2H3. The second kappa shape index (κ2) is 4.29. The van der Waals surface area contributed by atoms with E-state index in [-0.39, 0.29) is 5.78 Å². The first kappa shape index (κ1) is 10.6. The van der Waals surface area contributed by atoms with E-state index in [9.17, 15) is 4.79 Å². The molecule has 0 spiro atoms. The van der Waals surface area contributed by atoms with Gasteiger partial charge in [-0.05, 0) is 47.9 Å². The van der Waals surface area contributed by atoms with Gasteiger partial charge in [-0.25, -0.2) is 0 Å². The van der Waals surface area contributed by atoms with E-state index in [0.717, 1.165) is 10.4 Å². The number of carbonyl (C=O) groups is 1. The molecule has 78 valence electrons. The van der Waals surface area contributed by atoms with Crippen LogP contribution in [0.2, 0.25) is 0 Å². The molecule has 0 bridgehead atoms. The lowest BCUT2D eigenvalue weighted by Crippen LogP contribution is -1.99. The summed E-state index contributed by atoms with van der Waals surface area (Å²) in [5.74, 6) is 0.231. The Hall–Kier alpha value is -0.930. The number of carbonyl (C=O) groups excluding carboxylic acids is 1. The minimum atomic E-state index is 0.231. The highest BCUT2D eigenvalue weighted by Gasteiger charge is 2.11. The van der Waals surface area contributed by atoms with Gasteiger partial charge in [0.05, 0.1) is 4.88 Å². The molecule has 0 saturated carbocycles. The van der Waals surface area contributed by atoms with E-state index in [0.29, 0.717) is 6.42 Å². The quantitative estimate of drug-likeness (QED) is 0.740. The van der Waals surface area contributed by atoms with Crippen LogP contribution in [-0.2, 0) is 6.42 Å². The van der Waals surface area contributed by atoms with Crippen LogP contribution in [0.5, 0.6) is 0 Å². The number of aryl methyl sites for hydroxylation is 2. The number of hydrogen-bond donors (Lipinski definition) is 0. The molecule has 15 heavy (non-hydrogen) atoms. The van der Waals surface area contributed by atoms with E-state index in [1.54, 1.807) is 22.7 Å². The molecule has 0 aliphatic carbocycles. The van der Waals surface area contributed by atoms with Crippen LogP contribution < -0.4 is 0 Å². The third kappa shape index (κ3) is 2.36. The summed E-state index contributed by atoms with van der Waals surface area (Å²) in [7, 11) is 0. The normalized spacial score (nSPS) is 10.5. The molecule has 2 aromatic heterocycles. The van der Waals surface area contributed by atoms with Crippen molar-refractivity contribution in [1.29, 1.82) is 0 Å². The van der Waals surface area contributed by atoms with Crippen LogP contribution in [0, 0.1) is 13.8 Å². The van der Waals surface area contributed by atoms with Crippen molar-refractivity contribution < 1.29 is 4.79 Å². The number of thiophene rings is 2. The van der Waals surface area contributed by atoms with Gasteiger partial charge in [-0.2, -0.15) is 11.3 Å². The summed E-state index contributed by atoms with van der Waals surface area (Å²) in [5, 5.41) is 4.04. The van der Waals surface area contributed by atoms with Crippen molar-refractivity contribution in [2.45, 2.75) is 20.3 Å². The summed E-state index contributed by atoms with van der Waals surface area (Å²) in [6.07, 6.45) is 0.531. The van der Waals surface area contributed by atoms with Crippen LogP contribution in [-0.4, -0.2) is 5.78 Å². The zero-order valence-corrected chi connectivity index (χ0v) is 10.4. The molecular formula is C12H12OS2. The summed E-state index contributed by atoms with van der Waals surface area (Å²) in [4.78, 5) is 14.0. The second-order valence-electron chi connectivity index (χ2n) is 3.58. The maximum Gasteiger partial charge on any atom is 0.177 e. The minimum absolute atomic E-state index is 0.231. The molecule has 0 atom stereocenters. The lowest BCUT2D eigenvalue weighted by molar-refractivity contribution is 0.0997. The van der Waals surface area contributed by atoms with Crippen molar-refractivity contribution >= 4 is 28.5 Å². The summed E-state index contributed by atoms with van der Waals surface area (Å²) < 4.78 is 0. The molecule has 3 heteroatoms. The Kier molecular flexibility index (Phi) is 3.03. The summed E-state index contributed by atoms with van der Waals surface area (Å²) >= 11 is 3.23. The van der Waals surface area contributed by atoms with E-state index in [1.165, 1.54) is 10.4 Å². The monoisotopic (exact) mass is 236 g/mol. The van der Waals surface area contributed by atoms with Gasteiger partial charge >= 0.3 is 0 Å². The number of hydrogen-bond acceptors (Lipinski definition) is 3. The maximum absolute atomic E-state index is 11.9. The molecule has 1 nitrogen and oxygen atoms in total. The third-order valence-electron chi connectivity index (χ3n) is 2.39. The third-order valence-corrected chi connectivity index (χ3v) is 4.31. The number of ketones is 1. The van der Waals surface area contributed by atoms with E-state index < -0.39 is 0 Å². The predicted octanol–water partition coefficient (Wildman–Crippen LogP) is 3.85. The summed E-state index contributed by atoms with van der Waals surface area (Å²) in [5.41, 5.74) is 2.34. The Morgan fingerprint density at radius 1 is 1.40 bits per heavy atom. The first-order valence-corrected chi connectivity index (χ1v) is 6.54. The lowest BCUT2D eigenvalue weighted by atomic mass is 10.1. The van der Waals surface area contributed by atoms with Crippen LogP contribution in [0.3, 0.4) is 0 Å². The molecule has 2 heterocycles. The summed E-state index contributed by atoms with van der Waals surface area (Å²) in [6.45, 7) is 4.11. The molecule has 0 aliphatic rings. The second-order valence-corrected chi connectivity index (χ2v) is 5.62. The van der Waals surface area contributed by atoms with Gasteiger partial charge in [0.1, 0.15) is 0 Å². The zero-order valence-electron chi connectivity index (χ0n) is 8.74. The number of rotatable bonds is 3. The fraction of sp³-hybridized carbons (Fsp3) is 0.250. The molecule has 2 aromatic rings. The molecule has 0 saturated heterocycles. The van der Waals surface area contributed by atoms with Gasteiger partial charge in [-0.1, -0.05) is 0 Å². The predicted molar refractivity (Wildman–Crippen MR) is 66.1 cm³/mol. The van der Waals surface area contributed by atoms with E-state index in [2.05, 4.69) is 6.92 Å². The fourth-order valence-corrected chi connectivity index (χ4v) is 3.02. The molecular weight excluding hydrogens is 224 g/mol. The van der Waals surface area contributed by atoms with Crippen molar-refractivity contribution in [3.8, 4) is 0 Å². The molecule has 2 rings (SSSR count). The van der Waals surface area contributed by atoms with Crippen LogP contribution in [0.4, 0.5) is 0 Å². The molecule has 0 aliphatic heterocycles. The Morgan fingerprint density at radius 2 is 2.20 bits per heavy atom. The van der Waals surface area contributed by atoms with Gasteiger partial charge in [0.25, 0.3) is 0 Å². The molecule has 0 fully saturated rings. The highest BCUT2D eigenvalue weighted by atomic mass is 32.1. The Morgan fingerprint density at radius 3 is 2.73 bits per heavy atom. The van der Waals surface area contributed by atoms with Crippen molar-refractivity contribution in [2.24, 2.45) is 0 Å². The van der Waals surface area contributed by atoms with Gasteiger partial charge in [-0.15, -0.1) is 11.3 Å². The molecule has 0 N–H and O–H groups in total. The Balaban J connectivity index is 2.15. The van der Waals surface area contributed by atoms with Crippen molar-refractivity contribution in [1.82, 2.24) is 0 Å². The van der Waals surface area contributed by atoms with Crippen molar-refractivity contribution in [3.63, 3.8) is 0 Å². The first-order chi connectivity index (χ1) is 7.16. The van der Waals surface area contributed by atoms with Crippen molar-refractivity contribution in [2.75, 3.05) is 0 Å². The number of Topliss-reactive ketones (excluding diaryl/α,β-unsaturated/α-hetero) is 1. The first-order valence-electron chi connectivity index (χ1n) is 4.78. The average Bonchev–Trinajstić information content (AvgIpc) is 2.78. The van der Waals surface area contributed by atoms with Gasteiger partial charge in [-0.3, -0.25) is 4.79 Å². The van der Waals surface area contributed by atoms with Gasteiger partial charge in [0.2, 0.25) is 0 Å². The Labute approximate surface area is 97.4 Å². The topological polar surface area (TPSA) is 17.1 Å². The highest BCUT2D eigenvalue weighted by molar-refractivity contribution is 7.14. The average molecular weight is 236 g/mol. The molecule has 0 unspecified atom stereocenters. The van der Waals surface area contributed by atoms with Crippen LogP contribution >= 0.6 is 22.7 Å². The van der Waals surface area contributed by atoms with Crippen LogP contribution in [0.1, 0.15) is 25.7 Å². The SMILES string of the molecule is Cc1cc(C(=O)Cc2ccsc2)sc1C. The maximum atomic E-state index is 11.9. The molecule has 0 aromatic carbocycles. The largest absolute Gasteiger partial charge is 0.293 e. The fourth-order valence-electron chi connectivity index (χ4n) is 1.38. The van der Waals surface area contributed by atoms with E-state index in [1.807, 2.05) is 29.8 Å². The Bertz CT molecular complexity index is 446. The molecule has 0 radical (unpaired) electrons. The smallest absolute Gasteiger partial charge is 0.177 e. The highest BCUT2D eigenvalue weighted by Crippen LogP contribution is 2.22. The molecule has 0 amide bonds. The van der Waals surface area contributed by atoms with Gasteiger partial charge in [0, 0.05) is 11.3 Å². The lowest BCUT2D eigenvalue weighted by Gasteiger charge is -1.94. The summed E-state index contributed by atoms with van der Waals surface area (Å²) in [6, 6.07) is 4.00. The zero-order chi connectivity index (χ0) is 10.8. The minimum Gasteiger partial charge on any atom is -0.293 e. The van der Waals surface area contributed by atoms with Crippen LogP contribution in [0.15, 0.2) is 22.9 Å². The van der Waals surface area contributed by atoms with Crippen molar-refractivity contribution in [3.05, 3.63) is 43.8 Å². The van der Waals surface area contributed by atoms with E-state index >= 15 is 0 Å².